The average molecular weight is 328 g/mol. The van der Waals surface area contributed by atoms with Gasteiger partial charge in [-0.15, -0.1) is 0 Å². The standard InChI is InChI=1S/C13H20N4O4S/c1-3-16-10-9(11(20)17(4-2)13(16)21)12(22-14-10)15(5-7-18)6-8-19/h18-19H,3-8H2,1-2H3. The third-order valence-corrected chi connectivity index (χ3v) is 4.39. The molecule has 2 aromatic rings. The minimum atomic E-state index is -0.378. The van der Waals surface area contributed by atoms with Gasteiger partial charge in [0.2, 0.25) is 0 Å². The maximum absolute atomic E-state index is 12.6. The number of aliphatic hydroxyl groups is 2. The van der Waals surface area contributed by atoms with Gasteiger partial charge in [0.25, 0.3) is 5.56 Å². The molecule has 2 rings (SSSR count). The van der Waals surface area contributed by atoms with Gasteiger partial charge in [-0.3, -0.25) is 13.9 Å². The molecule has 0 fully saturated rings. The number of hydrogen-bond acceptors (Lipinski definition) is 7. The SMILES string of the molecule is CCn1c(=O)c2c(N(CCO)CCO)snc2n(CC)c1=O. The quantitative estimate of drug-likeness (QED) is 0.707. The maximum atomic E-state index is 12.6. The summed E-state index contributed by atoms with van der Waals surface area (Å²) in [6.07, 6.45) is 0. The van der Waals surface area contributed by atoms with Crippen LogP contribution in [-0.2, 0) is 13.1 Å². The highest BCUT2D eigenvalue weighted by Crippen LogP contribution is 2.27. The van der Waals surface area contributed by atoms with Gasteiger partial charge in [-0.1, -0.05) is 0 Å². The highest BCUT2D eigenvalue weighted by molar-refractivity contribution is 7.11. The van der Waals surface area contributed by atoms with Gasteiger partial charge >= 0.3 is 5.69 Å². The lowest BCUT2D eigenvalue weighted by molar-refractivity contribution is 0.281. The average Bonchev–Trinajstić information content (AvgIpc) is 2.93. The molecule has 2 N–H and O–H groups in total. The van der Waals surface area contributed by atoms with Crippen LogP contribution in [0.25, 0.3) is 11.0 Å². The van der Waals surface area contributed by atoms with Crippen molar-refractivity contribution in [2.75, 3.05) is 31.2 Å². The summed E-state index contributed by atoms with van der Waals surface area (Å²) in [6.45, 7) is 4.63. The molecule has 22 heavy (non-hydrogen) atoms. The second kappa shape index (κ2) is 7.03. The fraction of sp³-hybridized carbons (Fsp3) is 0.615. The van der Waals surface area contributed by atoms with E-state index in [4.69, 9.17) is 0 Å². The molecule has 0 spiro atoms. The Kier molecular flexibility index (Phi) is 5.33. The van der Waals surface area contributed by atoms with E-state index in [-0.39, 0.29) is 44.1 Å². The van der Waals surface area contributed by atoms with Crippen molar-refractivity contribution in [1.82, 2.24) is 13.5 Å². The van der Waals surface area contributed by atoms with Crippen molar-refractivity contribution in [3.63, 3.8) is 0 Å². The van der Waals surface area contributed by atoms with E-state index in [2.05, 4.69) is 4.37 Å². The van der Waals surface area contributed by atoms with Crippen LogP contribution in [0.2, 0.25) is 0 Å². The van der Waals surface area contributed by atoms with Crippen molar-refractivity contribution in [2.24, 2.45) is 0 Å². The molecule has 0 aliphatic rings. The predicted molar refractivity (Wildman–Crippen MR) is 85.9 cm³/mol. The molecule has 0 aliphatic heterocycles. The number of fused-ring (bicyclic) bond motifs is 1. The third-order valence-electron chi connectivity index (χ3n) is 3.49. The molecule has 0 aromatic carbocycles. The van der Waals surface area contributed by atoms with Crippen molar-refractivity contribution in [3.05, 3.63) is 20.8 Å². The first kappa shape index (κ1) is 16.7. The lowest BCUT2D eigenvalue weighted by atomic mass is 10.3. The number of aryl methyl sites for hydroxylation is 1. The second-order valence-electron chi connectivity index (χ2n) is 4.70. The molecule has 122 valence electrons. The zero-order chi connectivity index (χ0) is 16.3. The molecular weight excluding hydrogens is 308 g/mol. The summed E-state index contributed by atoms with van der Waals surface area (Å²) in [5.41, 5.74) is -0.380. The van der Waals surface area contributed by atoms with Crippen molar-refractivity contribution in [2.45, 2.75) is 26.9 Å². The Hall–Kier alpha value is -1.71. The third kappa shape index (κ3) is 2.67. The lowest BCUT2D eigenvalue weighted by Crippen LogP contribution is -2.40. The molecular formula is C13H20N4O4S. The minimum Gasteiger partial charge on any atom is -0.395 e. The molecule has 0 amide bonds. The summed E-state index contributed by atoms with van der Waals surface area (Å²) in [5.74, 6) is 0. The van der Waals surface area contributed by atoms with Crippen LogP contribution in [0.4, 0.5) is 5.00 Å². The molecule has 2 aromatic heterocycles. The zero-order valence-corrected chi connectivity index (χ0v) is 13.5. The number of rotatable bonds is 7. The van der Waals surface area contributed by atoms with Crippen molar-refractivity contribution in [3.8, 4) is 0 Å². The van der Waals surface area contributed by atoms with Crippen LogP contribution in [0.3, 0.4) is 0 Å². The van der Waals surface area contributed by atoms with Gasteiger partial charge in [-0.2, -0.15) is 4.37 Å². The lowest BCUT2D eigenvalue weighted by Gasteiger charge is -2.20. The fourth-order valence-corrected chi connectivity index (χ4v) is 3.37. The van der Waals surface area contributed by atoms with Gasteiger partial charge in [-0.05, 0) is 25.4 Å². The number of anilines is 1. The molecule has 0 atom stereocenters. The molecule has 0 saturated heterocycles. The van der Waals surface area contributed by atoms with E-state index in [0.29, 0.717) is 22.6 Å². The molecule has 8 nitrogen and oxygen atoms in total. The molecule has 0 aliphatic carbocycles. The van der Waals surface area contributed by atoms with Gasteiger partial charge in [0, 0.05) is 26.2 Å². The Morgan fingerprint density at radius 3 is 2.18 bits per heavy atom. The van der Waals surface area contributed by atoms with Gasteiger partial charge in [-0.25, -0.2) is 4.79 Å². The van der Waals surface area contributed by atoms with Crippen molar-refractivity contribution in [1.29, 1.82) is 0 Å². The Morgan fingerprint density at radius 1 is 1.09 bits per heavy atom. The first-order chi connectivity index (χ1) is 10.6. The largest absolute Gasteiger partial charge is 0.395 e. The Bertz CT molecular complexity index is 758. The van der Waals surface area contributed by atoms with E-state index in [0.717, 1.165) is 11.5 Å². The summed E-state index contributed by atoms with van der Waals surface area (Å²) in [6, 6.07) is 0. The molecule has 0 bridgehead atoms. The molecule has 9 heteroatoms. The van der Waals surface area contributed by atoms with Crippen LogP contribution < -0.4 is 16.1 Å². The molecule has 0 radical (unpaired) electrons. The van der Waals surface area contributed by atoms with E-state index in [1.165, 1.54) is 9.13 Å². The maximum Gasteiger partial charge on any atom is 0.332 e. The zero-order valence-electron chi connectivity index (χ0n) is 12.7. The molecule has 0 unspecified atom stereocenters. The highest BCUT2D eigenvalue weighted by atomic mass is 32.1. The number of aromatic nitrogens is 3. The summed E-state index contributed by atoms with van der Waals surface area (Å²) in [7, 11) is 0. The Labute approximate surface area is 131 Å². The van der Waals surface area contributed by atoms with Crippen LogP contribution >= 0.6 is 11.5 Å². The van der Waals surface area contributed by atoms with Crippen LogP contribution in [0.5, 0.6) is 0 Å². The van der Waals surface area contributed by atoms with Gasteiger partial charge < -0.3 is 15.1 Å². The van der Waals surface area contributed by atoms with Crippen LogP contribution in [0.15, 0.2) is 9.59 Å². The smallest absolute Gasteiger partial charge is 0.332 e. The molecule has 0 saturated carbocycles. The number of nitrogens with zero attached hydrogens (tertiary/aromatic N) is 4. The van der Waals surface area contributed by atoms with Crippen molar-refractivity contribution < 1.29 is 10.2 Å². The van der Waals surface area contributed by atoms with E-state index < -0.39 is 0 Å². The number of hydrogen-bond donors (Lipinski definition) is 2. The van der Waals surface area contributed by atoms with Crippen LogP contribution in [0.1, 0.15) is 13.8 Å². The van der Waals surface area contributed by atoms with Crippen LogP contribution in [0, 0.1) is 0 Å². The highest BCUT2D eigenvalue weighted by Gasteiger charge is 2.21. The second-order valence-corrected chi connectivity index (χ2v) is 5.45. The van der Waals surface area contributed by atoms with Crippen LogP contribution in [-0.4, -0.2) is 50.0 Å². The molecule has 2 heterocycles. The minimum absolute atomic E-state index is 0.102. The first-order valence-corrected chi connectivity index (χ1v) is 7.97. The normalized spacial score (nSPS) is 11.3. The topological polar surface area (TPSA) is 101 Å². The van der Waals surface area contributed by atoms with Crippen molar-refractivity contribution >= 4 is 27.6 Å². The van der Waals surface area contributed by atoms with E-state index in [1.54, 1.807) is 11.8 Å². The monoisotopic (exact) mass is 328 g/mol. The van der Waals surface area contributed by atoms with E-state index in [1.807, 2.05) is 6.92 Å². The summed E-state index contributed by atoms with van der Waals surface area (Å²) in [4.78, 5) is 26.6. The Balaban J connectivity index is 2.78. The summed E-state index contributed by atoms with van der Waals surface area (Å²) >= 11 is 1.10. The van der Waals surface area contributed by atoms with Gasteiger partial charge in [0.1, 0.15) is 10.4 Å². The van der Waals surface area contributed by atoms with Gasteiger partial charge in [0.15, 0.2) is 5.65 Å². The number of aliphatic hydroxyl groups excluding tert-OH is 2. The Morgan fingerprint density at radius 2 is 1.68 bits per heavy atom. The summed E-state index contributed by atoms with van der Waals surface area (Å²) in [5, 5.41) is 19.3. The predicted octanol–water partition coefficient (Wildman–Crippen LogP) is -0.550. The fourth-order valence-electron chi connectivity index (χ4n) is 2.44. The van der Waals surface area contributed by atoms with Gasteiger partial charge in [0.05, 0.1) is 13.2 Å². The first-order valence-electron chi connectivity index (χ1n) is 7.20. The van der Waals surface area contributed by atoms with E-state index in [9.17, 15) is 19.8 Å². The summed E-state index contributed by atoms with van der Waals surface area (Å²) < 4.78 is 6.91. The van der Waals surface area contributed by atoms with E-state index >= 15 is 0 Å².